The molecule has 2 aromatic rings. The highest BCUT2D eigenvalue weighted by Gasteiger charge is 2.33. The molecule has 0 bridgehead atoms. The summed E-state index contributed by atoms with van der Waals surface area (Å²) >= 11 is 3.06. The predicted molar refractivity (Wildman–Crippen MR) is 88.1 cm³/mol. The monoisotopic (exact) mass is 322 g/mol. The van der Waals surface area contributed by atoms with Gasteiger partial charge in [-0.05, 0) is 19.1 Å². The van der Waals surface area contributed by atoms with E-state index >= 15 is 0 Å². The second-order valence-corrected chi connectivity index (χ2v) is 7.06. The van der Waals surface area contributed by atoms with Crippen LogP contribution in [0.15, 0.2) is 17.3 Å². The van der Waals surface area contributed by atoms with E-state index in [1.165, 1.54) is 11.3 Å². The van der Waals surface area contributed by atoms with Gasteiger partial charge in [-0.25, -0.2) is 0 Å². The summed E-state index contributed by atoms with van der Waals surface area (Å²) in [6, 6.07) is 0. The smallest absolute Gasteiger partial charge is 0.178 e. The first-order chi connectivity index (χ1) is 10.1. The van der Waals surface area contributed by atoms with Crippen LogP contribution in [0.25, 0.3) is 0 Å². The highest BCUT2D eigenvalue weighted by atomic mass is 32.2. The molecule has 3 N–H and O–H groups in total. The van der Waals surface area contributed by atoms with E-state index < -0.39 is 0 Å². The van der Waals surface area contributed by atoms with Gasteiger partial charge in [0.05, 0.1) is 21.7 Å². The summed E-state index contributed by atoms with van der Waals surface area (Å²) in [6.45, 7) is 0.679. The molecule has 3 rings (SSSR count). The van der Waals surface area contributed by atoms with Crippen molar-refractivity contribution in [2.24, 2.45) is 13.0 Å². The van der Waals surface area contributed by atoms with Crippen LogP contribution in [0.4, 0.5) is 10.7 Å². The van der Waals surface area contributed by atoms with Crippen LogP contribution >= 0.6 is 23.1 Å². The summed E-state index contributed by atoms with van der Waals surface area (Å²) in [7, 11) is 1.90. The molecule has 2 aromatic heterocycles. The Morgan fingerprint density at radius 2 is 2.38 bits per heavy atom. The van der Waals surface area contributed by atoms with Gasteiger partial charge in [0.1, 0.15) is 5.00 Å². The maximum atomic E-state index is 12.3. The zero-order valence-electron chi connectivity index (χ0n) is 12.0. The summed E-state index contributed by atoms with van der Waals surface area (Å²) in [5.74, 6) is 0.411. The number of carbonyl (C=O) groups excluding carboxylic acids is 1. The standard InChI is InChI=1S/C14H18N4OS2/c1-18-7-8(6-17-18)5-16-14-13(20-2)10(15)12(21-14)11(19)9-3-4-9/h6-7,9,16H,3-5,15H2,1-2H3. The van der Waals surface area contributed by atoms with Gasteiger partial charge in [0.15, 0.2) is 5.78 Å². The number of Topliss-reactive ketones (excluding diaryl/α,β-unsaturated/α-hetero) is 1. The zero-order valence-corrected chi connectivity index (χ0v) is 13.7. The first-order valence-electron chi connectivity index (χ1n) is 6.82. The first-order valence-corrected chi connectivity index (χ1v) is 8.86. The fraction of sp³-hybridized carbons (Fsp3) is 0.429. The minimum absolute atomic E-state index is 0.201. The van der Waals surface area contributed by atoms with Gasteiger partial charge in [-0.2, -0.15) is 5.10 Å². The van der Waals surface area contributed by atoms with Crippen LogP contribution in [-0.4, -0.2) is 21.8 Å². The summed E-state index contributed by atoms with van der Waals surface area (Å²) in [5.41, 5.74) is 7.91. The maximum Gasteiger partial charge on any atom is 0.178 e. The Kier molecular flexibility index (Phi) is 3.95. The number of anilines is 2. The van der Waals surface area contributed by atoms with E-state index in [0.717, 1.165) is 33.2 Å². The minimum Gasteiger partial charge on any atom is -0.396 e. The van der Waals surface area contributed by atoms with E-state index in [9.17, 15) is 4.79 Å². The first kappa shape index (κ1) is 14.5. The second kappa shape index (κ2) is 5.73. The van der Waals surface area contributed by atoms with Gasteiger partial charge in [-0.3, -0.25) is 9.48 Å². The number of aromatic nitrogens is 2. The van der Waals surface area contributed by atoms with Crippen molar-refractivity contribution < 1.29 is 4.79 Å². The fourth-order valence-electron chi connectivity index (χ4n) is 2.21. The third-order valence-electron chi connectivity index (χ3n) is 3.49. The van der Waals surface area contributed by atoms with Gasteiger partial charge < -0.3 is 11.1 Å². The largest absolute Gasteiger partial charge is 0.396 e. The Morgan fingerprint density at radius 3 is 2.95 bits per heavy atom. The zero-order chi connectivity index (χ0) is 15.0. The quantitative estimate of drug-likeness (QED) is 0.632. The van der Waals surface area contributed by atoms with Gasteiger partial charge in [-0.15, -0.1) is 23.1 Å². The van der Waals surface area contributed by atoms with Crippen LogP contribution < -0.4 is 11.1 Å². The lowest BCUT2D eigenvalue weighted by Gasteiger charge is -2.04. The van der Waals surface area contributed by atoms with Crippen LogP contribution in [0.2, 0.25) is 0 Å². The number of rotatable bonds is 6. The van der Waals surface area contributed by atoms with Gasteiger partial charge in [0.2, 0.25) is 0 Å². The van der Waals surface area contributed by atoms with Gasteiger partial charge in [-0.1, -0.05) is 0 Å². The number of thiophene rings is 1. The lowest BCUT2D eigenvalue weighted by molar-refractivity contribution is 0.0972. The van der Waals surface area contributed by atoms with Crippen molar-refractivity contribution >= 4 is 39.6 Å². The molecule has 1 saturated carbocycles. The van der Waals surface area contributed by atoms with Gasteiger partial charge >= 0.3 is 0 Å². The number of nitrogens with two attached hydrogens (primary N) is 1. The molecule has 0 saturated heterocycles. The van der Waals surface area contributed by atoms with Crippen LogP contribution in [0.5, 0.6) is 0 Å². The SMILES string of the molecule is CSc1c(NCc2cnn(C)c2)sc(C(=O)C2CC2)c1N. The molecule has 1 aliphatic carbocycles. The van der Waals surface area contributed by atoms with Crippen molar-refractivity contribution in [3.8, 4) is 0 Å². The van der Waals surface area contributed by atoms with Crippen LogP contribution in [-0.2, 0) is 13.6 Å². The number of nitrogens with zero attached hydrogens (tertiary/aromatic N) is 2. The van der Waals surface area contributed by atoms with Crippen molar-refractivity contribution in [1.82, 2.24) is 9.78 Å². The van der Waals surface area contributed by atoms with Crippen molar-refractivity contribution in [3.05, 3.63) is 22.8 Å². The average molecular weight is 322 g/mol. The molecule has 0 amide bonds. The van der Waals surface area contributed by atoms with E-state index in [1.54, 1.807) is 16.4 Å². The molecule has 0 radical (unpaired) electrons. The Balaban J connectivity index is 1.80. The van der Waals surface area contributed by atoms with E-state index in [1.807, 2.05) is 25.7 Å². The number of hydrogen-bond acceptors (Lipinski definition) is 6. The van der Waals surface area contributed by atoms with E-state index in [-0.39, 0.29) is 11.7 Å². The lowest BCUT2D eigenvalue weighted by atomic mass is 10.2. The number of ketones is 1. The molecule has 7 heteroatoms. The summed E-state index contributed by atoms with van der Waals surface area (Å²) in [5, 5.41) is 8.51. The highest BCUT2D eigenvalue weighted by Crippen LogP contribution is 2.45. The molecule has 0 spiro atoms. The molecule has 0 unspecified atom stereocenters. The van der Waals surface area contributed by atoms with Crippen molar-refractivity contribution in [1.29, 1.82) is 0 Å². The topological polar surface area (TPSA) is 72.9 Å². The minimum atomic E-state index is 0.201. The molecule has 0 aliphatic heterocycles. The molecule has 0 atom stereocenters. The molecule has 1 aliphatic rings. The summed E-state index contributed by atoms with van der Waals surface area (Å²) in [4.78, 5) is 14.0. The Bertz CT molecular complexity index is 673. The number of nitrogen functional groups attached to an aromatic ring is 1. The summed E-state index contributed by atoms with van der Waals surface area (Å²) in [6.07, 6.45) is 7.80. The molecular formula is C14H18N4OS2. The molecule has 0 aromatic carbocycles. The summed E-state index contributed by atoms with van der Waals surface area (Å²) < 4.78 is 1.78. The number of thioether (sulfide) groups is 1. The van der Waals surface area contributed by atoms with E-state index in [4.69, 9.17) is 5.73 Å². The van der Waals surface area contributed by atoms with Crippen molar-refractivity contribution in [2.75, 3.05) is 17.3 Å². The normalized spacial score (nSPS) is 14.4. The van der Waals surface area contributed by atoms with Crippen LogP contribution in [0.1, 0.15) is 28.1 Å². The molecule has 1 fully saturated rings. The molecule has 21 heavy (non-hydrogen) atoms. The third kappa shape index (κ3) is 2.94. The highest BCUT2D eigenvalue weighted by molar-refractivity contribution is 7.99. The number of carbonyl (C=O) groups is 1. The van der Waals surface area contributed by atoms with Gasteiger partial charge in [0.25, 0.3) is 0 Å². The average Bonchev–Trinajstić information content (AvgIpc) is 3.16. The number of hydrogen-bond donors (Lipinski definition) is 2. The molecule has 5 nitrogen and oxygen atoms in total. The van der Waals surface area contributed by atoms with Crippen molar-refractivity contribution in [2.45, 2.75) is 24.3 Å². The Hall–Kier alpha value is -1.47. The van der Waals surface area contributed by atoms with Crippen LogP contribution in [0.3, 0.4) is 0 Å². The Morgan fingerprint density at radius 1 is 1.62 bits per heavy atom. The van der Waals surface area contributed by atoms with E-state index in [0.29, 0.717) is 12.2 Å². The number of aryl methyl sites for hydroxylation is 1. The number of nitrogens with one attached hydrogen (secondary N) is 1. The molecule has 2 heterocycles. The Labute approximate surface area is 131 Å². The van der Waals surface area contributed by atoms with Crippen LogP contribution in [0, 0.1) is 5.92 Å². The molecule has 112 valence electrons. The third-order valence-corrected chi connectivity index (χ3v) is 5.63. The predicted octanol–water partition coefficient (Wildman–Crippen LogP) is 2.99. The lowest BCUT2D eigenvalue weighted by Crippen LogP contribution is -2.02. The van der Waals surface area contributed by atoms with E-state index in [2.05, 4.69) is 10.4 Å². The van der Waals surface area contributed by atoms with Crippen molar-refractivity contribution in [3.63, 3.8) is 0 Å². The van der Waals surface area contributed by atoms with Gasteiger partial charge in [0, 0.05) is 31.3 Å². The molecular weight excluding hydrogens is 304 g/mol. The maximum absolute atomic E-state index is 12.3. The second-order valence-electron chi connectivity index (χ2n) is 5.22. The fourth-order valence-corrected chi connectivity index (χ4v) is 4.26.